The predicted molar refractivity (Wildman–Crippen MR) is 90.3 cm³/mol. The third-order valence-corrected chi connectivity index (χ3v) is 5.08. The molecule has 0 heterocycles. The van der Waals surface area contributed by atoms with E-state index in [2.05, 4.69) is 58.9 Å². The average molecular weight is 323 g/mol. The summed E-state index contributed by atoms with van der Waals surface area (Å²) < 4.78 is 18.2. The minimum atomic E-state index is -1.66. The Morgan fingerprint density at radius 3 is 1.11 bits per heavy atom. The summed E-state index contributed by atoms with van der Waals surface area (Å²) in [6.07, 6.45) is 0. The van der Waals surface area contributed by atoms with Crippen LogP contribution in [0.1, 0.15) is 0 Å². The van der Waals surface area contributed by atoms with E-state index in [0.29, 0.717) is 5.95 Å². The van der Waals surface area contributed by atoms with E-state index in [9.17, 15) is 0 Å². The van der Waals surface area contributed by atoms with Crippen LogP contribution in [-0.4, -0.2) is 35.2 Å². The van der Waals surface area contributed by atoms with Crippen LogP contribution in [0.5, 0.6) is 0 Å². The lowest BCUT2D eigenvalue weighted by Gasteiger charge is -2.30. The molecule has 0 aliphatic heterocycles. The van der Waals surface area contributed by atoms with Crippen molar-refractivity contribution in [1.29, 1.82) is 0 Å². The summed E-state index contributed by atoms with van der Waals surface area (Å²) >= 11 is 0. The fraction of sp³-hybridized carbons (Fsp3) is 0.818. The highest BCUT2D eigenvalue weighted by molar-refractivity contribution is 6.72. The van der Waals surface area contributed by atoms with E-state index in [0.717, 1.165) is 15.6 Å². The Bertz CT molecular complexity index is 290. The molecule has 0 bridgehead atoms. The van der Waals surface area contributed by atoms with Gasteiger partial charge in [0, 0.05) is 0 Å². The molecule has 0 saturated carbocycles. The van der Waals surface area contributed by atoms with Gasteiger partial charge in [0.05, 0.1) is 10.2 Å². The molecule has 108 valence electrons. The van der Waals surface area contributed by atoms with Crippen molar-refractivity contribution in [2.24, 2.45) is 0 Å². The third-order valence-electron chi connectivity index (χ3n) is 1.54. The van der Waals surface area contributed by atoms with Gasteiger partial charge < -0.3 is 13.3 Å². The summed E-state index contributed by atoms with van der Waals surface area (Å²) in [5, 5.41) is 0.944. The second-order valence-electron chi connectivity index (χ2n) is 7.49. The van der Waals surface area contributed by atoms with Gasteiger partial charge in [-0.2, -0.15) is 0 Å². The maximum Gasteiger partial charge on any atom is 0.283 e. The Labute approximate surface area is 119 Å². The topological polar surface area (TPSA) is 27.7 Å². The van der Waals surface area contributed by atoms with Gasteiger partial charge in [0.25, 0.3) is 5.95 Å². The van der Waals surface area contributed by atoms with E-state index in [1.165, 1.54) is 0 Å². The van der Waals surface area contributed by atoms with Crippen molar-refractivity contribution in [3.63, 3.8) is 0 Å². The zero-order chi connectivity index (χ0) is 14.8. The van der Waals surface area contributed by atoms with Gasteiger partial charge in [0.2, 0.25) is 25.0 Å². The van der Waals surface area contributed by atoms with Crippen molar-refractivity contribution in [2.45, 2.75) is 58.9 Å². The molecule has 0 spiro atoms. The normalized spacial score (nSPS) is 13.2. The van der Waals surface area contributed by atoms with Crippen LogP contribution >= 0.6 is 0 Å². The standard InChI is InChI=1S/C11H30O3Si4/c1-16(2,3)12-10(13-17(4,5)6)11(15)14-18(7,8)9/h1-9,15H3. The van der Waals surface area contributed by atoms with E-state index in [1.807, 2.05) is 0 Å². The van der Waals surface area contributed by atoms with E-state index < -0.39 is 25.0 Å². The highest BCUT2D eigenvalue weighted by Crippen LogP contribution is 2.21. The first-order valence-electron chi connectivity index (χ1n) is 6.47. The maximum atomic E-state index is 6.08. The van der Waals surface area contributed by atoms with Crippen LogP contribution in [0.25, 0.3) is 0 Å². The SMILES string of the molecule is C[Si](C)(C)OC([SiH3])=C(O[Si](C)(C)C)O[Si](C)(C)C. The highest BCUT2D eigenvalue weighted by atomic mass is 28.4. The van der Waals surface area contributed by atoms with Gasteiger partial charge in [-0.3, -0.25) is 0 Å². The molecule has 0 amide bonds. The zero-order valence-electron chi connectivity index (χ0n) is 13.7. The van der Waals surface area contributed by atoms with Crippen molar-refractivity contribution >= 4 is 35.2 Å². The second kappa shape index (κ2) is 5.97. The van der Waals surface area contributed by atoms with Crippen LogP contribution in [-0.2, 0) is 13.3 Å². The van der Waals surface area contributed by atoms with Crippen molar-refractivity contribution in [3.05, 3.63) is 11.3 Å². The fourth-order valence-electron chi connectivity index (χ4n) is 1.22. The lowest BCUT2D eigenvalue weighted by Crippen LogP contribution is -2.34. The molecule has 0 N–H and O–H groups in total. The first-order valence-corrected chi connectivity index (χ1v) is 17.7. The second-order valence-corrected chi connectivity index (χ2v) is 21.7. The van der Waals surface area contributed by atoms with Crippen LogP contribution in [0.3, 0.4) is 0 Å². The molecule has 0 aliphatic rings. The van der Waals surface area contributed by atoms with E-state index >= 15 is 0 Å². The first-order chi connectivity index (χ1) is 7.70. The lowest BCUT2D eigenvalue weighted by molar-refractivity contribution is 0.193. The first kappa shape index (κ1) is 18.0. The minimum absolute atomic E-state index is 0.683. The summed E-state index contributed by atoms with van der Waals surface area (Å²) in [4.78, 5) is 0. The van der Waals surface area contributed by atoms with Crippen LogP contribution in [0.15, 0.2) is 11.3 Å². The van der Waals surface area contributed by atoms with Crippen molar-refractivity contribution in [3.8, 4) is 0 Å². The van der Waals surface area contributed by atoms with Gasteiger partial charge in [-0.25, -0.2) is 0 Å². The molecule has 0 aromatic rings. The summed E-state index contributed by atoms with van der Waals surface area (Å²) in [5.41, 5.74) is 0. The number of hydrogen-bond donors (Lipinski definition) is 0. The predicted octanol–water partition coefficient (Wildman–Crippen LogP) is 3.03. The smallest absolute Gasteiger partial charge is 0.283 e. The summed E-state index contributed by atoms with van der Waals surface area (Å²) in [5.74, 6) is 0.683. The molecule has 0 aliphatic carbocycles. The van der Waals surface area contributed by atoms with E-state index in [-0.39, 0.29) is 0 Å². The van der Waals surface area contributed by atoms with Gasteiger partial charge in [0.1, 0.15) is 5.38 Å². The van der Waals surface area contributed by atoms with E-state index in [1.54, 1.807) is 0 Å². The largest absolute Gasteiger partial charge is 0.547 e. The molecule has 3 nitrogen and oxygen atoms in total. The van der Waals surface area contributed by atoms with Crippen LogP contribution in [0.4, 0.5) is 0 Å². The Morgan fingerprint density at radius 1 is 0.611 bits per heavy atom. The molecule has 0 fully saturated rings. The zero-order valence-corrected chi connectivity index (χ0v) is 18.7. The van der Waals surface area contributed by atoms with Crippen LogP contribution in [0.2, 0.25) is 58.9 Å². The van der Waals surface area contributed by atoms with Gasteiger partial charge in [-0.05, 0) is 58.9 Å². The van der Waals surface area contributed by atoms with Gasteiger partial charge in [0.15, 0.2) is 0 Å². The molecular formula is C11H30O3Si4. The molecule has 18 heavy (non-hydrogen) atoms. The Balaban J connectivity index is 5.13. The number of rotatable bonds is 6. The van der Waals surface area contributed by atoms with Crippen molar-refractivity contribution in [1.82, 2.24) is 0 Å². The van der Waals surface area contributed by atoms with Gasteiger partial charge >= 0.3 is 0 Å². The molecular weight excluding hydrogens is 292 g/mol. The summed E-state index contributed by atoms with van der Waals surface area (Å²) in [6.45, 7) is 19.6. The van der Waals surface area contributed by atoms with Gasteiger partial charge in [-0.1, -0.05) is 0 Å². The Kier molecular flexibility index (Phi) is 5.98. The van der Waals surface area contributed by atoms with Crippen LogP contribution in [0, 0.1) is 0 Å². The molecule has 0 aromatic heterocycles. The van der Waals surface area contributed by atoms with Crippen LogP contribution < -0.4 is 0 Å². The third kappa shape index (κ3) is 9.98. The van der Waals surface area contributed by atoms with Crippen molar-refractivity contribution < 1.29 is 13.3 Å². The highest BCUT2D eigenvalue weighted by Gasteiger charge is 2.27. The Morgan fingerprint density at radius 2 is 0.889 bits per heavy atom. The van der Waals surface area contributed by atoms with E-state index in [4.69, 9.17) is 13.3 Å². The summed E-state index contributed by atoms with van der Waals surface area (Å²) in [7, 11) is -4.08. The Hall–Kier alpha value is 0.00753. The fourth-order valence-corrected chi connectivity index (χ4v) is 6.24. The summed E-state index contributed by atoms with van der Waals surface area (Å²) in [6, 6.07) is 0. The molecule has 0 atom stereocenters. The molecule has 0 unspecified atom stereocenters. The quantitative estimate of drug-likeness (QED) is 0.556. The number of hydrogen-bond acceptors (Lipinski definition) is 3. The van der Waals surface area contributed by atoms with Gasteiger partial charge in [-0.15, -0.1) is 0 Å². The molecule has 0 saturated heterocycles. The van der Waals surface area contributed by atoms with Crippen molar-refractivity contribution in [2.75, 3.05) is 0 Å². The average Bonchev–Trinajstić information content (AvgIpc) is 1.93. The monoisotopic (exact) mass is 322 g/mol. The molecule has 0 rings (SSSR count). The lowest BCUT2D eigenvalue weighted by atomic mass is 11.0. The maximum absolute atomic E-state index is 6.08. The molecule has 0 radical (unpaired) electrons. The molecule has 0 aromatic carbocycles. The minimum Gasteiger partial charge on any atom is -0.547 e. The molecule has 7 heteroatoms.